The Kier molecular flexibility index (Phi) is 4.76. The molecule has 0 fully saturated rings. The molecule has 1 heterocycles. The number of carbonyl (C=O) groups is 1. The number of aromatic nitrogens is 2. The molecule has 140 valence electrons. The van der Waals surface area contributed by atoms with Crippen LogP contribution in [0.4, 0.5) is 0 Å². The van der Waals surface area contributed by atoms with Gasteiger partial charge in [0.25, 0.3) is 5.89 Å². The number of benzene rings is 3. The van der Waals surface area contributed by atoms with Crippen molar-refractivity contribution >= 4 is 16.7 Å². The van der Waals surface area contributed by atoms with E-state index in [0.717, 1.165) is 16.3 Å². The summed E-state index contributed by atoms with van der Waals surface area (Å²) in [6.07, 6.45) is -0.682. The summed E-state index contributed by atoms with van der Waals surface area (Å²) in [5.41, 5.74) is 1.26. The van der Waals surface area contributed by atoms with Gasteiger partial charge < -0.3 is 13.9 Å². The monoisotopic (exact) mass is 374 g/mol. The number of methoxy groups -OCH3 is 1. The third kappa shape index (κ3) is 3.32. The van der Waals surface area contributed by atoms with E-state index in [0.29, 0.717) is 17.2 Å². The molecule has 0 aliphatic heterocycles. The molecule has 6 nitrogen and oxygen atoms in total. The van der Waals surface area contributed by atoms with Gasteiger partial charge in [-0.15, -0.1) is 10.2 Å². The molecule has 4 rings (SSSR count). The highest BCUT2D eigenvalue weighted by atomic mass is 16.6. The molecule has 0 aliphatic rings. The zero-order valence-electron chi connectivity index (χ0n) is 15.5. The van der Waals surface area contributed by atoms with E-state index < -0.39 is 12.1 Å². The van der Waals surface area contributed by atoms with Crippen molar-refractivity contribution in [2.75, 3.05) is 7.11 Å². The van der Waals surface area contributed by atoms with Gasteiger partial charge in [0.05, 0.1) is 12.7 Å². The minimum Gasteiger partial charge on any atom is -0.496 e. The number of hydrogen-bond acceptors (Lipinski definition) is 6. The topological polar surface area (TPSA) is 74.5 Å². The molecule has 0 spiro atoms. The number of esters is 1. The molecule has 0 amide bonds. The fraction of sp³-hybridized carbons (Fsp3) is 0.136. The third-order valence-corrected chi connectivity index (χ3v) is 4.42. The average molecular weight is 374 g/mol. The van der Waals surface area contributed by atoms with Crippen LogP contribution in [0.3, 0.4) is 0 Å². The Hall–Kier alpha value is -3.67. The van der Waals surface area contributed by atoms with Crippen molar-refractivity contribution in [1.82, 2.24) is 10.2 Å². The first kappa shape index (κ1) is 17.7. The van der Waals surface area contributed by atoms with Crippen LogP contribution in [-0.4, -0.2) is 23.3 Å². The lowest BCUT2D eigenvalue weighted by Gasteiger charge is -2.12. The molecule has 0 aliphatic carbocycles. The fourth-order valence-electron chi connectivity index (χ4n) is 3.00. The van der Waals surface area contributed by atoms with Crippen LogP contribution in [0.2, 0.25) is 0 Å². The van der Waals surface area contributed by atoms with Gasteiger partial charge >= 0.3 is 5.97 Å². The van der Waals surface area contributed by atoms with Crippen molar-refractivity contribution in [3.63, 3.8) is 0 Å². The number of carbonyl (C=O) groups excluding carboxylic acids is 1. The number of fused-ring (bicyclic) bond motifs is 1. The van der Waals surface area contributed by atoms with Crippen molar-refractivity contribution in [2.24, 2.45) is 0 Å². The molecular weight excluding hydrogens is 356 g/mol. The summed E-state index contributed by atoms with van der Waals surface area (Å²) >= 11 is 0. The molecule has 6 heteroatoms. The second kappa shape index (κ2) is 7.52. The second-order valence-electron chi connectivity index (χ2n) is 6.22. The number of hydrogen-bond donors (Lipinski definition) is 0. The molecule has 0 N–H and O–H groups in total. The van der Waals surface area contributed by atoms with Gasteiger partial charge in [0, 0.05) is 10.9 Å². The molecule has 0 bridgehead atoms. The van der Waals surface area contributed by atoms with Crippen molar-refractivity contribution in [3.8, 4) is 17.2 Å². The van der Waals surface area contributed by atoms with E-state index in [2.05, 4.69) is 10.2 Å². The Labute approximate surface area is 161 Å². The summed E-state index contributed by atoms with van der Waals surface area (Å²) in [4.78, 5) is 12.8. The summed E-state index contributed by atoms with van der Waals surface area (Å²) in [7, 11) is 1.60. The minimum atomic E-state index is -0.682. The van der Waals surface area contributed by atoms with Crippen molar-refractivity contribution in [1.29, 1.82) is 0 Å². The van der Waals surface area contributed by atoms with E-state index >= 15 is 0 Å². The minimum absolute atomic E-state index is 0.241. The average Bonchev–Trinajstić information content (AvgIpc) is 3.24. The van der Waals surface area contributed by atoms with Gasteiger partial charge in [0.15, 0.2) is 6.10 Å². The maximum Gasteiger partial charge on any atom is 0.339 e. The second-order valence-corrected chi connectivity index (χ2v) is 6.22. The van der Waals surface area contributed by atoms with E-state index in [-0.39, 0.29) is 5.89 Å². The predicted octanol–water partition coefficient (Wildman–Crippen LogP) is 4.82. The Morgan fingerprint density at radius 3 is 2.39 bits per heavy atom. The van der Waals surface area contributed by atoms with Gasteiger partial charge in [0.2, 0.25) is 5.89 Å². The Balaban J connectivity index is 1.58. The lowest BCUT2D eigenvalue weighted by atomic mass is 10.0. The Bertz CT molecular complexity index is 1120. The van der Waals surface area contributed by atoms with Gasteiger partial charge in [-0.25, -0.2) is 4.79 Å². The fourth-order valence-corrected chi connectivity index (χ4v) is 3.00. The molecule has 0 saturated carbocycles. The summed E-state index contributed by atoms with van der Waals surface area (Å²) in [6, 6.07) is 20.4. The third-order valence-electron chi connectivity index (χ3n) is 4.42. The van der Waals surface area contributed by atoms with Crippen molar-refractivity contribution in [3.05, 3.63) is 78.2 Å². The van der Waals surface area contributed by atoms with E-state index in [9.17, 15) is 4.79 Å². The molecule has 0 unspecified atom stereocenters. The summed E-state index contributed by atoms with van der Waals surface area (Å²) in [5, 5.41) is 9.65. The predicted molar refractivity (Wildman–Crippen MR) is 104 cm³/mol. The van der Waals surface area contributed by atoms with Gasteiger partial charge in [0.1, 0.15) is 5.75 Å². The molecule has 4 aromatic rings. The summed E-state index contributed by atoms with van der Waals surface area (Å²) < 4.78 is 16.6. The van der Waals surface area contributed by atoms with E-state index in [1.54, 1.807) is 26.2 Å². The lowest BCUT2D eigenvalue weighted by molar-refractivity contribution is 0.0282. The van der Waals surface area contributed by atoms with Crippen LogP contribution < -0.4 is 4.74 Å². The summed E-state index contributed by atoms with van der Waals surface area (Å²) in [6.45, 7) is 1.70. The maximum absolute atomic E-state index is 12.8. The first-order chi connectivity index (χ1) is 13.7. The first-order valence-corrected chi connectivity index (χ1v) is 8.83. The quantitative estimate of drug-likeness (QED) is 0.466. The maximum atomic E-state index is 12.8. The number of ether oxygens (including phenoxy) is 2. The van der Waals surface area contributed by atoms with Crippen LogP contribution in [0.25, 0.3) is 22.2 Å². The molecule has 3 aromatic carbocycles. The van der Waals surface area contributed by atoms with E-state index in [1.807, 2.05) is 54.6 Å². The molecule has 1 aromatic heterocycles. The van der Waals surface area contributed by atoms with Crippen LogP contribution >= 0.6 is 0 Å². The molecule has 28 heavy (non-hydrogen) atoms. The van der Waals surface area contributed by atoms with Gasteiger partial charge in [-0.3, -0.25) is 0 Å². The summed E-state index contributed by atoms with van der Waals surface area (Å²) in [5.74, 6) is 0.855. The molecule has 1 atom stereocenters. The van der Waals surface area contributed by atoms with E-state index in [1.165, 1.54) is 0 Å². The smallest absolute Gasteiger partial charge is 0.339 e. The first-order valence-electron chi connectivity index (χ1n) is 8.83. The molecule has 0 radical (unpaired) electrons. The number of rotatable bonds is 5. The highest BCUT2D eigenvalue weighted by Crippen LogP contribution is 2.30. The van der Waals surface area contributed by atoms with Crippen LogP contribution in [0.15, 0.2) is 71.1 Å². The highest BCUT2D eigenvalue weighted by Gasteiger charge is 2.21. The van der Waals surface area contributed by atoms with Crippen LogP contribution in [0.5, 0.6) is 5.75 Å². The zero-order valence-corrected chi connectivity index (χ0v) is 15.5. The van der Waals surface area contributed by atoms with Crippen molar-refractivity contribution < 1.29 is 18.7 Å². The Morgan fingerprint density at radius 2 is 1.64 bits per heavy atom. The standard InChI is InChI=1S/C22H18N2O4/c1-14(20-23-24-21(28-20)15-8-4-3-5-9-15)27-22(25)18-12-13-19(26-2)17-11-7-6-10-16(17)18/h3-14H,1-2H3/t14-/m0/s1. The van der Waals surface area contributed by atoms with Crippen LogP contribution in [0, 0.1) is 0 Å². The number of nitrogens with zero attached hydrogens (tertiary/aromatic N) is 2. The van der Waals surface area contributed by atoms with E-state index in [4.69, 9.17) is 13.9 Å². The van der Waals surface area contributed by atoms with Crippen LogP contribution in [-0.2, 0) is 4.74 Å². The molecule has 0 saturated heterocycles. The SMILES string of the molecule is COc1ccc(C(=O)O[C@@H](C)c2nnc(-c3ccccc3)o2)c2ccccc12. The van der Waals surface area contributed by atoms with Gasteiger partial charge in [-0.1, -0.05) is 42.5 Å². The van der Waals surface area contributed by atoms with Gasteiger partial charge in [-0.05, 0) is 36.6 Å². The molecular formula is C22H18N2O4. The van der Waals surface area contributed by atoms with Crippen molar-refractivity contribution in [2.45, 2.75) is 13.0 Å². The Morgan fingerprint density at radius 1 is 0.929 bits per heavy atom. The largest absolute Gasteiger partial charge is 0.496 e. The van der Waals surface area contributed by atoms with Gasteiger partial charge in [-0.2, -0.15) is 0 Å². The zero-order chi connectivity index (χ0) is 19.5. The highest BCUT2D eigenvalue weighted by molar-refractivity contribution is 6.06. The normalized spacial score (nSPS) is 11.9. The van der Waals surface area contributed by atoms with Crippen LogP contribution in [0.1, 0.15) is 29.3 Å². The lowest BCUT2D eigenvalue weighted by Crippen LogP contribution is -2.10.